The number of halogens is 1. The molecule has 3 rings (SSSR count). The van der Waals surface area contributed by atoms with Crippen molar-refractivity contribution in [3.05, 3.63) is 53.1 Å². The third kappa shape index (κ3) is 3.35. The fraction of sp³-hybridized carbons (Fsp3) is 0.400. The Hall–Kier alpha value is -2.65. The van der Waals surface area contributed by atoms with Crippen LogP contribution in [0.4, 0.5) is 0 Å². The van der Waals surface area contributed by atoms with E-state index in [0.717, 1.165) is 0 Å². The van der Waals surface area contributed by atoms with E-state index < -0.39 is 0 Å². The molecule has 0 spiro atoms. The highest BCUT2D eigenvalue weighted by atomic mass is 35.5. The maximum absolute atomic E-state index is 12.5. The van der Waals surface area contributed by atoms with Crippen molar-refractivity contribution < 1.29 is 9.53 Å². The van der Waals surface area contributed by atoms with Gasteiger partial charge in [0.25, 0.3) is 5.91 Å². The minimum absolute atomic E-state index is 0.125. The van der Waals surface area contributed by atoms with Crippen LogP contribution >= 0.6 is 11.6 Å². The van der Waals surface area contributed by atoms with Crippen molar-refractivity contribution >= 4 is 17.5 Å². The van der Waals surface area contributed by atoms with Gasteiger partial charge in [0.2, 0.25) is 5.82 Å². The Morgan fingerprint density at radius 1 is 1.22 bits per heavy atom. The smallest absolute Gasteiger partial charge is 0.289 e. The molecule has 2 aromatic rings. The molecule has 0 radical (unpaired) electrons. The van der Waals surface area contributed by atoms with Crippen LogP contribution in [0.1, 0.15) is 43.9 Å². The van der Waals surface area contributed by atoms with E-state index in [1.165, 1.54) is 0 Å². The first-order valence-corrected chi connectivity index (χ1v) is 9.00. The molecule has 140 valence electrons. The van der Waals surface area contributed by atoms with Gasteiger partial charge in [0.15, 0.2) is 0 Å². The van der Waals surface area contributed by atoms with Crippen LogP contribution in [-0.2, 0) is 0 Å². The summed E-state index contributed by atoms with van der Waals surface area (Å²) >= 11 is 6.11. The maximum Gasteiger partial charge on any atom is 0.289 e. The molecule has 1 N–H and O–H groups in total. The summed E-state index contributed by atoms with van der Waals surface area (Å²) in [6.45, 7) is 8.19. The number of hydrogen-bond donors (Lipinski definition) is 1. The third-order valence-electron chi connectivity index (χ3n) is 5.20. The zero-order valence-electron chi connectivity index (χ0n) is 15.7. The number of carbonyl (C=O) groups is 1. The minimum Gasteiger partial charge on any atom is -0.489 e. The number of aromatic nitrogens is 2. The standard InChI is InChI=1S/C20H21ClN4O2/c1-19(2)17(25-16(26)15-23-8-5-9-24-15)20(3,4)18(19)27-13-7-6-12(11-22)14(21)10-13/h5-10,17-18H,1-4H3,(H,25,26). The van der Waals surface area contributed by atoms with Crippen LogP contribution in [0.2, 0.25) is 5.02 Å². The predicted octanol–water partition coefficient (Wildman–Crippen LogP) is 3.61. The van der Waals surface area contributed by atoms with E-state index >= 15 is 0 Å². The van der Waals surface area contributed by atoms with E-state index in [1.807, 2.05) is 33.8 Å². The van der Waals surface area contributed by atoms with Crippen molar-refractivity contribution in [3.8, 4) is 11.8 Å². The molecule has 1 amide bonds. The second-order valence-corrected chi connectivity index (χ2v) is 8.28. The molecule has 27 heavy (non-hydrogen) atoms. The van der Waals surface area contributed by atoms with Crippen LogP contribution in [-0.4, -0.2) is 28.0 Å². The number of benzene rings is 1. The zero-order chi connectivity index (χ0) is 19.8. The predicted molar refractivity (Wildman–Crippen MR) is 101 cm³/mol. The lowest BCUT2D eigenvalue weighted by molar-refractivity contribution is -0.164. The highest BCUT2D eigenvalue weighted by Crippen LogP contribution is 2.55. The lowest BCUT2D eigenvalue weighted by atomic mass is 9.49. The first kappa shape index (κ1) is 19.1. The number of nitrogens with zero attached hydrogens (tertiary/aromatic N) is 3. The molecule has 0 unspecified atom stereocenters. The summed E-state index contributed by atoms with van der Waals surface area (Å²) < 4.78 is 6.20. The Morgan fingerprint density at radius 3 is 2.41 bits per heavy atom. The molecule has 6 nitrogen and oxygen atoms in total. The van der Waals surface area contributed by atoms with Gasteiger partial charge in [0, 0.05) is 35.3 Å². The molecular formula is C20H21ClN4O2. The van der Waals surface area contributed by atoms with Gasteiger partial charge in [-0.3, -0.25) is 4.79 Å². The van der Waals surface area contributed by atoms with Crippen molar-refractivity contribution in [2.24, 2.45) is 10.8 Å². The summed E-state index contributed by atoms with van der Waals surface area (Å²) in [4.78, 5) is 20.5. The Bertz CT molecular complexity index is 890. The van der Waals surface area contributed by atoms with Crippen LogP contribution in [0.3, 0.4) is 0 Å². The van der Waals surface area contributed by atoms with Crippen molar-refractivity contribution in [1.82, 2.24) is 15.3 Å². The largest absolute Gasteiger partial charge is 0.489 e. The van der Waals surface area contributed by atoms with Gasteiger partial charge in [0.1, 0.15) is 17.9 Å². The molecule has 1 aromatic heterocycles. The van der Waals surface area contributed by atoms with Crippen molar-refractivity contribution in [1.29, 1.82) is 5.26 Å². The second kappa shape index (κ2) is 6.82. The maximum atomic E-state index is 12.5. The molecule has 1 aromatic carbocycles. The number of hydrogen-bond acceptors (Lipinski definition) is 5. The van der Waals surface area contributed by atoms with Crippen molar-refractivity contribution in [3.63, 3.8) is 0 Å². The summed E-state index contributed by atoms with van der Waals surface area (Å²) in [6, 6.07) is 8.60. The molecule has 1 aliphatic carbocycles. The number of ether oxygens (including phenoxy) is 1. The Kier molecular flexibility index (Phi) is 4.83. The molecule has 1 saturated carbocycles. The van der Waals surface area contributed by atoms with Gasteiger partial charge in [-0.25, -0.2) is 9.97 Å². The van der Waals surface area contributed by atoms with Crippen LogP contribution < -0.4 is 10.1 Å². The molecule has 0 bridgehead atoms. The van der Waals surface area contributed by atoms with Crippen LogP contribution in [0, 0.1) is 22.2 Å². The van der Waals surface area contributed by atoms with Crippen LogP contribution in [0.25, 0.3) is 0 Å². The van der Waals surface area contributed by atoms with Crippen LogP contribution in [0.5, 0.6) is 5.75 Å². The normalized spacial score (nSPS) is 22.2. The molecule has 1 heterocycles. The van der Waals surface area contributed by atoms with Gasteiger partial charge in [-0.1, -0.05) is 39.3 Å². The third-order valence-corrected chi connectivity index (χ3v) is 5.51. The lowest BCUT2D eigenvalue weighted by Gasteiger charge is -2.63. The number of nitrogens with one attached hydrogen (secondary N) is 1. The Labute approximate surface area is 163 Å². The number of carbonyl (C=O) groups excluding carboxylic acids is 1. The topological polar surface area (TPSA) is 87.9 Å². The summed E-state index contributed by atoms with van der Waals surface area (Å²) in [5.41, 5.74) is -0.244. The molecule has 1 fully saturated rings. The SMILES string of the molecule is CC1(C)C(NC(=O)c2ncccn2)C(C)(C)C1Oc1ccc(C#N)c(Cl)c1. The minimum atomic E-state index is -0.325. The average molecular weight is 385 g/mol. The number of nitriles is 1. The van der Waals surface area contributed by atoms with Gasteiger partial charge in [0.05, 0.1) is 10.6 Å². The van der Waals surface area contributed by atoms with E-state index in [4.69, 9.17) is 21.6 Å². The van der Waals surface area contributed by atoms with E-state index in [2.05, 4.69) is 15.3 Å². The van der Waals surface area contributed by atoms with Gasteiger partial charge in [-0.2, -0.15) is 5.26 Å². The fourth-order valence-electron chi connectivity index (χ4n) is 4.21. The lowest BCUT2D eigenvalue weighted by Crippen LogP contribution is -2.74. The number of rotatable bonds is 4. The van der Waals surface area contributed by atoms with Gasteiger partial charge < -0.3 is 10.1 Å². The zero-order valence-corrected chi connectivity index (χ0v) is 16.4. The van der Waals surface area contributed by atoms with Gasteiger partial charge in [-0.05, 0) is 18.2 Å². The van der Waals surface area contributed by atoms with Gasteiger partial charge in [-0.15, -0.1) is 0 Å². The van der Waals surface area contributed by atoms with E-state index in [-0.39, 0.29) is 34.7 Å². The molecule has 0 aliphatic heterocycles. The summed E-state index contributed by atoms with van der Waals surface area (Å²) in [6.07, 6.45) is 2.93. The van der Waals surface area contributed by atoms with Gasteiger partial charge >= 0.3 is 0 Å². The fourth-order valence-corrected chi connectivity index (χ4v) is 4.42. The molecule has 7 heteroatoms. The highest BCUT2D eigenvalue weighted by molar-refractivity contribution is 6.31. The average Bonchev–Trinajstić information content (AvgIpc) is 2.64. The number of amides is 1. The van der Waals surface area contributed by atoms with E-state index in [9.17, 15) is 4.79 Å². The highest BCUT2D eigenvalue weighted by Gasteiger charge is 2.64. The quantitative estimate of drug-likeness (QED) is 0.869. The second-order valence-electron chi connectivity index (χ2n) is 7.87. The Balaban J connectivity index is 1.77. The molecular weight excluding hydrogens is 364 g/mol. The van der Waals surface area contributed by atoms with Crippen LogP contribution in [0.15, 0.2) is 36.7 Å². The Morgan fingerprint density at radius 2 is 1.85 bits per heavy atom. The summed E-state index contributed by atoms with van der Waals surface area (Å²) in [5.74, 6) is 0.440. The first-order chi connectivity index (χ1) is 12.7. The van der Waals surface area contributed by atoms with Crippen molar-refractivity contribution in [2.45, 2.75) is 39.8 Å². The summed E-state index contributed by atoms with van der Waals surface area (Å²) in [5, 5.41) is 12.4. The molecule has 0 saturated heterocycles. The van der Waals surface area contributed by atoms with E-state index in [1.54, 1.807) is 36.7 Å². The van der Waals surface area contributed by atoms with E-state index in [0.29, 0.717) is 16.3 Å². The molecule has 1 aliphatic rings. The first-order valence-electron chi connectivity index (χ1n) is 8.62. The monoisotopic (exact) mass is 384 g/mol. The van der Waals surface area contributed by atoms with Crippen molar-refractivity contribution in [2.75, 3.05) is 0 Å². The molecule has 0 atom stereocenters. The summed E-state index contributed by atoms with van der Waals surface area (Å²) in [7, 11) is 0.